The highest BCUT2D eigenvalue weighted by Crippen LogP contribution is 2.20. The fourth-order valence-corrected chi connectivity index (χ4v) is 2.02. The molecule has 0 heterocycles. The summed E-state index contributed by atoms with van der Waals surface area (Å²) in [4.78, 5) is 13.4. The highest BCUT2D eigenvalue weighted by Gasteiger charge is 2.16. The first kappa shape index (κ1) is 16.8. The number of benzene rings is 1. The molecular formula is C15H23ClN2O2. The summed E-state index contributed by atoms with van der Waals surface area (Å²) in [6, 6.07) is 7.35. The molecule has 0 fully saturated rings. The lowest BCUT2D eigenvalue weighted by molar-refractivity contribution is 0.157. The number of nitrogens with one attached hydrogen (secondary N) is 1. The van der Waals surface area contributed by atoms with Gasteiger partial charge in [-0.3, -0.25) is 0 Å². The minimum atomic E-state index is -0.189. The maximum atomic E-state index is 11.9. The molecule has 0 aliphatic carbocycles. The Morgan fingerprint density at radius 1 is 1.40 bits per heavy atom. The maximum absolute atomic E-state index is 11.9. The summed E-state index contributed by atoms with van der Waals surface area (Å²) in [5.74, 6) is 0.258. The zero-order valence-electron chi connectivity index (χ0n) is 12.3. The van der Waals surface area contributed by atoms with Crippen molar-refractivity contribution in [2.45, 2.75) is 32.2 Å². The lowest BCUT2D eigenvalue weighted by Gasteiger charge is -2.25. The van der Waals surface area contributed by atoms with Crippen LogP contribution in [0, 0.1) is 0 Å². The summed E-state index contributed by atoms with van der Waals surface area (Å²) in [5, 5.41) is 12.7. The van der Waals surface area contributed by atoms with E-state index in [1.807, 2.05) is 24.3 Å². The quantitative estimate of drug-likeness (QED) is 0.848. The van der Waals surface area contributed by atoms with Crippen LogP contribution in [0.5, 0.6) is 0 Å². The smallest absolute Gasteiger partial charge is 0.317 e. The predicted molar refractivity (Wildman–Crippen MR) is 82.2 cm³/mol. The number of aliphatic hydroxyl groups is 1. The van der Waals surface area contributed by atoms with E-state index in [1.54, 1.807) is 14.0 Å². The molecule has 0 aromatic heterocycles. The second-order valence-electron chi connectivity index (χ2n) is 4.99. The Kier molecular flexibility index (Phi) is 6.82. The molecule has 2 amide bonds. The predicted octanol–water partition coefficient (Wildman–Crippen LogP) is 2.86. The lowest BCUT2D eigenvalue weighted by atomic mass is 9.96. The van der Waals surface area contributed by atoms with Crippen molar-refractivity contribution >= 4 is 17.6 Å². The number of hydrogen-bond donors (Lipinski definition) is 2. The van der Waals surface area contributed by atoms with Gasteiger partial charge in [-0.2, -0.15) is 0 Å². The van der Waals surface area contributed by atoms with E-state index in [4.69, 9.17) is 16.7 Å². The molecule has 0 aliphatic heterocycles. The van der Waals surface area contributed by atoms with Gasteiger partial charge in [0.15, 0.2) is 0 Å². The summed E-state index contributed by atoms with van der Waals surface area (Å²) in [6.45, 7) is 4.42. The average molecular weight is 299 g/mol. The zero-order valence-corrected chi connectivity index (χ0v) is 13.0. The SMILES string of the molecule is CCC(CNC(=O)N(C)C(C)CO)c1ccc(Cl)cc1. The van der Waals surface area contributed by atoms with E-state index in [0.717, 1.165) is 12.0 Å². The number of likely N-dealkylation sites (N-methyl/N-ethyl adjacent to an activating group) is 1. The number of carbonyl (C=O) groups excluding carboxylic acids is 1. The number of urea groups is 1. The largest absolute Gasteiger partial charge is 0.394 e. The molecule has 0 spiro atoms. The van der Waals surface area contributed by atoms with Crippen molar-refractivity contribution in [3.63, 3.8) is 0 Å². The van der Waals surface area contributed by atoms with Gasteiger partial charge in [-0.1, -0.05) is 30.7 Å². The van der Waals surface area contributed by atoms with Crippen molar-refractivity contribution in [2.24, 2.45) is 0 Å². The van der Waals surface area contributed by atoms with Crippen LogP contribution >= 0.6 is 11.6 Å². The number of amides is 2. The number of nitrogens with zero attached hydrogens (tertiary/aromatic N) is 1. The summed E-state index contributed by atoms with van der Waals surface area (Å²) < 4.78 is 0. The van der Waals surface area contributed by atoms with Gasteiger partial charge in [-0.25, -0.2) is 4.79 Å². The Bertz CT molecular complexity index is 422. The maximum Gasteiger partial charge on any atom is 0.317 e. The molecule has 0 bridgehead atoms. The number of hydrogen-bond acceptors (Lipinski definition) is 2. The van der Waals surface area contributed by atoms with Gasteiger partial charge >= 0.3 is 6.03 Å². The van der Waals surface area contributed by atoms with Gasteiger partial charge in [0.25, 0.3) is 0 Å². The highest BCUT2D eigenvalue weighted by atomic mass is 35.5. The van der Waals surface area contributed by atoms with Crippen LogP contribution < -0.4 is 5.32 Å². The lowest BCUT2D eigenvalue weighted by Crippen LogP contribution is -2.44. The molecule has 1 aromatic rings. The van der Waals surface area contributed by atoms with Crippen LogP contribution in [-0.4, -0.2) is 42.3 Å². The molecule has 112 valence electrons. The standard InChI is InChI=1S/C15H23ClN2O2/c1-4-12(13-5-7-14(16)8-6-13)9-17-15(20)18(3)11(2)10-19/h5-8,11-12,19H,4,9-10H2,1-3H3,(H,17,20). The summed E-state index contributed by atoms with van der Waals surface area (Å²) in [5.41, 5.74) is 1.16. The Balaban J connectivity index is 2.57. The zero-order chi connectivity index (χ0) is 15.1. The van der Waals surface area contributed by atoms with Gasteiger partial charge in [0, 0.05) is 24.5 Å². The van der Waals surface area contributed by atoms with Gasteiger partial charge in [-0.15, -0.1) is 0 Å². The third kappa shape index (κ3) is 4.69. The van der Waals surface area contributed by atoms with E-state index >= 15 is 0 Å². The molecule has 5 heteroatoms. The van der Waals surface area contributed by atoms with Crippen molar-refractivity contribution in [1.82, 2.24) is 10.2 Å². The number of halogens is 1. The molecule has 2 N–H and O–H groups in total. The van der Waals surface area contributed by atoms with E-state index in [1.165, 1.54) is 4.90 Å². The summed E-state index contributed by atoms with van der Waals surface area (Å²) in [6.07, 6.45) is 0.932. The van der Waals surface area contributed by atoms with Gasteiger partial charge < -0.3 is 15.3 Å². The second kappa shape index (κ2) is 8.12. The molecular weight excluding hydrogens is 276 g/mol. The van der Waals surface area contributed by atoms with Crippen molar-refractivity contribution in [1.29, 1.82) is 0 Å². The molecule has 0 aliphatic rings. The third-order valence-electron chi connectivity index (χ3n) is 3.58. The van der Waals surface area contributed by atoms with E-state index in [-0.39, 0.29) is 24.6 Å². The van der Waals surface area contributed by atoms with Crippen molar-refractivity contribution in [2.75, 3.05) is 20.2 Å². The Morgan fingerprint density at radius 2 is 2.00 bits per heavy atom. The van der Waals surface area contributed by atoms with Crippen LogP contribution in [0.15, 0.2) is 24.3 Å². The Hall–Kier alpha value is -1.26. The van der Waals surface area contributed by atoms with Gasteiger partial charge in [-0.05, 0) is 31.0 Å². The topological polar surface area (TPSA) is 52.6 Å². The van der Waals surface area contributed by atoms with Crippen molar-refractivity contribution in [3.8, 4) is 0 Å². The number of carbonyl (C=O) groups is 1. The van der Waals surface area contributed by atoms with Crippen molar-refractivity contribution in [3.05, 3.63) is 34.9 Å². The summed E-state index contributed by atoms with van der Waals surface area (Å²) >= 11 is 5.88. The van der Waals surface area contributed by atoms with Crippen LogP contribution in [0.3, 0.4) is 0 Å². The summed E-state index contributed by atoms with van der Waals surface area (Å²) in [7, 11) is 1.68. The van der Waals surface area contributed by atoms with Crippen LogP contribution in [0.1, 0.15) is 31.7 Å². The molecule has 1 aromatic carbocycles. The van der Waals surface area contributed by atoms with Crippen LogP contribution in [0.25, 0.3) is 0 Å². The third-order valence-corrected chi connectivity index (χ3v) is 3.83. The van der Waals surface area contributed by atoms with Crippen molar-refractivity contribution < 1.29 is 9.90 Å². The molecule has 1 rings (SSSR count). The minimum absolute atomic E-state index is 0.0433. The molecule has 0 saturated carbocycles. The first-order valence-electron chi connectivity index (χ1n) is 6.86. The molecule has 0 radical (unpaired) electrons. The Morgan fingerprint density at radius 3 is 2.50 bits per heavy atom. The second-order valence-corrected chi connectivity index (χ2v) is 5.42. The fraction of sp³-hybridized carbons (Fsp3) is 0.533. The first-order valence-corrected chi connectivity index (χ1v) is 7.24. The van der Waals surface area contributed by atoms with Gasteiger partial charge in [0.2, 0.25) is 0 Å². The van der Waals surface area contributed by atoms with E-state index < -0.39 is 0 Å². The molecule has 20 heavy (non-hydrogen) atoms. The van der Waals surface area contributed by atoms with Crippen LogP contribution in [0.2, 0.25) is 5.02 Å². The fourth-order valence-electron chi connectivity index (χ4n) is 1.89. The number of rotatable bonds is 6. The van der Waals surface area contributed by atoms with E-state index in [2.05, 4.69) is 12.2 Å². The van der Waals surface area contributed by atoms with Gasteiger partial charge in [0.05, 0.1) is 12.6 Å². The van der Waals surface area contributed by atoms with E-state index in [0.29, 0.717) is 11.6 Å². The van der Waals surface area contributed by atoms with Crippen LogP contribution in [-0.2, 0) is 0 Å². The highest BCUT2D eigenvalue weighted by molar-refractivity contribution is 6.30. The molecule has 2 unspecified atom stereocenters. The average Bonchev–Trinajstić information content (AvgIpc) is 2.47. The molecule has 4 nitrogen and oxygen atoms in total. The van der Waals surface area contributed by atoms with Gasteiger partial charge in [0.1, 0.15) is 0 Å². The normalized spacial score (nSPS) is 13.7. The van der Waals surface area contributed by atoms with E-state index in [9.17, 15) is 4.79 Å². The first-order chi connectivity index (χ1) is 9.49. The number of aliphatic hydroxyl groups excluding tert-OH is 1. The molecule has 0 saturated heterocycles. The molecule has 2 atom stereocenters. The monoisotopic (exact) mass is 298 g/mol. The Labute approximate surface area is 125 Å². The van der Waals surface area contributed by atoms with Crippen LogP contribution in [0.4, 0.5) is 4.79 Å². The minimum Gasteiger partial charge on any atom is -0.394 e.